The van der Waals surface area contributed by atoms with Crippen LogP contribution in [0.1, 0.15) is 88.5 Å². The summed E-state index contributed by atoms with van der Waals surface area (Å²) in [5.41, 5.74) is 0.914. The van der Waals surface area contributed by atoms with Crippen molar-refractivity contribution in [1.82, 2.24) is 0 Å². The second-order valence-corrected chi connectivity index (χ2v) is 9.19. The van der Waals surface area contributed by atoms with E-state index < -0.39 is 0 Å². The third kappa shape index (κ3) is 6.82. The normalized spacial score (nSPS) is 18.5. The SMILES string of the molecule is CC(C)CCC(C)(C)C(C)C(C)CC(C)C(C)(C)C. The molecule has 0 aromatic heterocycles. The minimum absolute atomic E-state index is 0.441. The quantitative estimate of drug-likeness (QED) is 0.476. The van der Waals surface area contributed by atoms with Gasteiger partial charge >= 0.3 is 0 Å². The molecule has 3 unspecified atom stereocenters. The molecule has 0 N–H and O–H groups in total. The summed E-state index contributed by atoms with van der Waals surface area (Å²) in [5.74, 6) is 3.24. The molecule has 19 heavy (non-hydrogen) atoms. The Morgan fingerprint density at radius 1 is 0.789 bits per heavy atom. The molecule has 0 aromatic rings. The van der Waals surface area contributed by atoms with Crippen molar-refractivity contribution in [1.29, 1.82) is 0 Å². The predicted octanol–water partition coefficient (Wildman–Crippen LogP) is 6.79. The summed E-state index contributed by atoms with van der Waals surface area (Å²) in [7, 11) is 0. The highest BCUT2D eigenvalue weighted by atomic mass is 14.4. The van der Waals surface area contributed by atoms with Crippen LogP contribution in [0.5, 0.6) is 0 Å². The van der Waals surface area contributed by atoms with E-state index in [2.05, 4.69) is 69.2 Å². The molecule has 0 saturated heterocycles. The Morgan fingerprint density at radius 2 is 1.26 bits per heavy atom. The van der Waals surface area contributed by atoms with Gasteiger partial charge in [-0.15, -0.1) is 0 Å². The van der Waals surface area contributed by atoms with E-state index in [0.29, 0.717) is 10.8 Å². The minimum atomic E-state index is 0.441. The molecule has 0 aliphatic heterocycles. The summed E-state index contributed by atoms with van der Waals surface area (Å²) in [6.07, 6.45) is 4.08. The van der Waals surface area contributed by atoms with Crippen LogP contribution in [0.2, 0.25) is 0 Å². The molecule has 0 heteroatoms. The molecule has 116 valence electrons. The monoisotopic (exact) mass is 268 g/mol. The zero-order valence-corrected chi connectivity index (χ0v) is 15.4. The van der Waals surface area contributed by atoms with E-state index in [0.717, 1.165) is 23.7 Å². The first-order chi connectivity index (χ1) is 8.38. The van der Waals surface area contributed by atoms with Crippen LogP contribution < -0.4 is 0 Å². The summed E-state index contributed by atoms with van der Waals surface area (Å²) < 4.78 is 0. The van der Waals surface area contributed by atoms with Crippen LogP contribution in [-0.2, 0) is 0 Å². The first-order valence-electron chi connectivity index (χ1n) is 8.38. The molecule has 0 heterocycles. The van der Waals surface area contributed by atoms with Gasteiger partial charge in [-0.1, -0.05) is 75.7 Å². The predicted molar refractivity (Wildman–Crippen MR) is 89.4 cm³/mol. The van der Waals surface area contributed by atoms with Gasteiger partial charge in [0.25, 0.3) is 0 Å². The Balaban J connectivity index is 4.50. The highest BCUT2D eigenvalue weighted by molar-refractivity contribution is 4.82. The zero-order chi connectivity index (χ0) is 15.4. The molecule has 0 bridgehead atoms. The molecule has 0 spiro atoms. The molecule has 0 rings (SSSR count). The van der Waals surface area contributed by atoms with Crippen molar-refractivity contribution in [2.75, 3.05) is 0 Å². The number of rotatable bonds is 7. The fraction of sp³-hybridized carbons (Fsp3) is 1.00. The molecule has 0 amide bonds. The van der Waals surface area contributed by atoms with Gasteiger partial charge in [-0.2, -0.15) is 0 Å². The fourth-order valence-electron chi connectivity index (χ4n) is 2.77. The van der Waals surface area contributed by atoms with E-state index in [1.807, 2.05) is 0 Å². The number of hydrogen-bond acceptors (Lipinski definition) is 0. The maximum atomic E-state index is 2.47. The molecule has 0 aliphatic carbocycles. The summed E-state index contributed by atoms with van der Waals surface area (Å²) in [6, 6.07) is 0. The molecule has 3 atom stereocenters. The first-order valence-corrected chi connectivity index (χ1v) is 8.38. The van der Waals surface area contributed by atoms with Crippen LogP contribution in [0, 0.1) is 34.5 Å². The van der Waals surface area contributed by atoms with Gasteiger partial charge in [0, 0.05) is 0 Å². The zero-order valence-electron chi connectivity index (χ0n) is 15.4. The van der Waals surface area contributed by atoms with Gasteiger partial charge in [0.05, 0.1) is 0 Å². The lowest BCUT2D eigenvalue weighted by Crippen LogP contribution is -2.30. The van der Waals surface area contributed by atoms with Crippen molar-refractivity contribution >= 4 is 0 Å². The topological polar surface area (TPSA) is 0 Å². The lowest BCUT2D eigenvalue weighted by atomic mass is 9.66. The summed E-state index contributed by atoms with van der Waals surface area (Å²) in [6.45, 7) is 24.1. The van der Waals surface area contributed by atoms with Gasteiger partial charge in [0.1, 0.15) is 0 Å². The van der Waals surface area contributed by atoms with E-state index >= 15 is 0 Å². The van der Waals surface area contributed by atoms with Crippen LogP contribution in [0.4, 0.5) is 0 Å². The molecular weight excluding hydrogens is 228 g/mol. The molecule has 0 aromatic carbocycles. The Bertz CT molecular complexity index is 241. The largest absolute Gasteiger partial charge is 0.0628 e. The maximum absolute atomic E-state index is 2.47. The van der Waals surface area contributed by atoms with E-state index in [1.165, 1.54) is 19.3 Å². The van der Waals surface area contributed by atoms with Crippen LogP contribution >= 0.6 is 0 Å². The summed E-state index contributed by atoms with van der Waals surface area (Å²) >= 11 is 0. The van der Waals surface area contributed by atoms with Crippen molar-refractivity contribution in [3.63, 3.8) is 0 Å². The van der Waals surface area contributed by atoms with Gasteiger partial charge < -0.3 is 0 Å². The molecule has 0 fully saturated rings. The summed E-state index contributed by atoms with van der Waals surface area (Å²) in [5, 5.41) is 0. The van der Waals surface area contributed by atoms with Crippen LogP contribution in [0.25, 0.3) is 0 Å². The lowest BCUT2D eigenvalue weighted by Gasteiger charge is -2.39. The van der Waals surface area contributed by atoms with E-state index in [9.17, 15) is 0 Å². The Morgan fingerprint density at radius 3 is 1.63 bits per heavy atom. The second-order valence-electron chi connectivity index (χ2n) is 9.19. The van der Waals surface area contributed by atoms with E-state index in [4.69, 9.17) is 0 Å². The average molecular weight is 269 g/mol. The van der Waals surface area contributed by atoms with Crippen molar-refractivity contribution in [3.05, 3.63) is 0 Å². The average Bonchev–Trinajstić information content (AvgIpc) is 2.24. The lowest BCUT2D eigenvalue weighted by molar-refractivity contribution is 0.108. The third-order valence-corrected chi connectivity index (χ3v) is 5.66. The fourth-order valence-corrected chi connectivity index (χ4v) is 2.77. The van der Waals surface area contributed by atoms with Gasteiger partial charge in [0.15, 0.2) is 0 Å². The van der Waals surface area contributed by atoms with E-state index in [1.54, 1.807) is 0 Å². The van der Waals surface area contributed by atoms with Gasteiger partial charge in [-0.3, -0.25) is 0 Å². The standard InChI is InChI=1S/C19H40/c1-14(2)11-12-19(9,10)17(5)15(3)13-16(4)18(6,7)8/h14-17H,11-13H2,1-10H3. The molecular formula is C19H40. The number of hydrogen-bond donors (Lipinski definition) is 0. The Hall–Kier alpha value is 0. The molecule has 0 nitrogen and oxygen atoms in total. The molecule has 0 radical (unpaired) electrons. The van der Waals surface area contributed by atoms with Crippen molar-refractivity contribution in [2.24, 2.45) is 34.5 Å². The van der Waals surface area contributed by atoms with Gasteiger partial charge in [-0.05, 0) is 47.3 Å². The third-order valence-electron chi connectivity index (χ3n) is 5.66. The Kier molecular flexibility index (Phi) is 7.14. The summed E-state index contributed by atoms with van der Waals surface area (Å²) in [4.78, 5) is 0. The van der Waals surface area contributed by atoms with E-state index in [-0.39, 0.29) is 0 Å². The highest BCUT2D eigenvalue weighted by Crippen LogP contribution is 2.41. The highest BCUT2D eigenvalue weighted by Gasteiger charge is 2.32. The molecule has 0 aliphatic rings. The van der Waals surface area contributed by atoms with Crippen LogP contribution in [0.15, 0.2) is 0 Å². The first kappa shape index (κ1) is 19.0. The van der Waals surface area contributed by atoms with Crippen molar-refractivity contribution < 1.29 is 0 Å². The smallest absolute Gasteiger partial charge is 0.0326 e. The molecule has 0 saturated carbocycles. The van der Waals surface area contributed by atoms with Crippen LogP contribution in [-0.4, -0.2) is 0 Å². The minimum Gasteiger partial charge on any atom is -0.0628 e. The van der Waals surface area contributed by atoms with Crippen molar-refractivity contribution in [2.45, 2.75) is 88.5 Å². The van der Waals surface area contributed by atoms with Gasteiger partial charge in [-0.25, -0.2) is 0 Å². The second kappa shape index (κ2) is 7.14. The Labute approximate surface area is 123 Å². The van der Waals surface area contributed by atoms with Crippen molar-refractivity contribution in [3.8, 4) is 0 Å². The maximum Gasteiger partial charge on any atom is -0.0326 e. The van der Waals surface area contributed by atoms with Gasteiger partial charge in [0.2, 0.25) is 0 Å². The van der Waals surface area contributed by atoms with Crippen LogP contribution in [0.3, 0.4) is 0 Å².